The molecule has 0 saturated heterocycles. The minimum atomic E-state index is -0.152. The van der Waals surface area contributed by atoms with Gasteiger partial charge in [0.25, 0.3) is 0 Å². The first kappa shape index (κ1) is 27.4. The number of hydrogen-bond acceptors (Lipinski definition) is 5. The number of rotatable bonds is 12. The van der Waals surface area contributed by atoms with Crippen molar-refractivity contribution in [3.05, 3.63) is 58.3 Å². The van der Waals surface area contributed by atoms with Crippen molar-refractivity contribution in [2.75, 3.05) is 33.9 Å². The number of thiophene rings is 1. The topological polar surface area (TPSA) is 59.1 Å². The second-order valence-corrected chi connectivity index (χ2v) is 10.6. The third-order valence-corrected chi connectivity index (χ3v) is 6.49. The summed E-state index contributed by atoms with van der Waals surface area (Å²) in [6.07, 6.45) is 2.71. The molecule has 34 heavy (non-hydrogen) atoms. The number of benzene rings is 1. The molecule has 0 spiro atoms. The fourth-order valence-corrected chi connectivity index (χ4v) is 4.49. The number of carbonyl (C=O) groups excluding carboxylic acids is 2. The van der Waals surface area contributed by atoms with Crippen LogP contribution in [0.5, 0.6) is 11.5 Å². The summed E-state index contributed by atoms with van der Waals surface area (Å²) in [6, 6.07) is 7.86. The number of hydrogen-bond donors (Lipinski definition) is 0. The van der Waals surface area contributed by atoms with Gasteiger partial charge in [0.1, 0.15) is 6.54 Å². The van der Waals surface area contributed by atoms with Crippen molar-refractivity contribution in [2.24, 2.45) is 5.41 Å². The highest BCUT2D eigenvalue weighted by molar-refractivity contribution is 7.10. The Hall–Kier alpha value is -2.80. The number of amides is 2. The molecular weight excluding hydrogens is 448 g/mol. The highest BCUT2D eigenvalue weighted by Crippen LogP contribution is 2.28. The third-order valence-electron chi connectivity index (χ3n) is 5.48. The van der Waals surface area contributed by atoms with Crippen LogP contribution in [0.2, 0.25) is 0 Å². The van der Waals surface area contributed by atoms with Crippen molar-refractivity contribution < 1.29 is 19.1 Å². The maximum atomic E-state index is 13.4. The van der Waals surface area contributed by atoms with Gasteiger partial charge in [-0.1, -0.05) is 32.9 Å². The Morgan fingerprint density at radius 2 is 1.76 bits per heavy atom. The zero-order chi connectivity index (χ0) is 25.3. The number of ether oxygens (including phenoxy) is 2. The lowest BCUT2D eigenvalue weighted by Crippen LogP contribution is -2.44. The standard InChI is InChI=1S/C27H38N2O4S/c1-8-13-28(25(30)17-27(3,4)5)19-26(31)29(18-24-20(2)12-15-34-24)14-11-21-9-10-22(32-6)23(16-21)33-7/h8-10,12,15-16H,1,11,13-14,17-19H2,2-7H3. The molecule has 0 radical (unpaired) electrons. The van der Waals surface area contributed by atoms with Gasteiger partial charge in [0, 0.05) is 24.4 Å². The van der Waals surface area contributed by atoms with Crippen molar-refractivity contribution >= 4 is 23.2 Å². The van der Waals surface area contributed by atoms with E-state index in [4.69, 9.17) is 9.47 Å². The Morgan fingerprint density at radius 1 is 1.06 bits per heavy atom. The molecule has 0 aliphatic heterocycles. The molecule has 0 aliphatic rings. The van der Waals surface area contributed by atoms with Crippen LogP contribution in [0.25, 0.3) is 0 Å². The Labute approximate surface area is 208 Å². The van der Waals surface area contributed by atoms with Gasteiger partial charge in [-0.25, -0.2) is 0 Å². The van der Waals surface area contributed by atoms with Gasteiger partial charge in [-0.2, -0.15) is 0 Å². The van der Waals surface area contributed by atoms with Crippen LogP contribution >= 0.6 is 11.3 Å². The van der Waals surface area contributed by atoms with Gasteiger partial charge in [0.15, 0.2) is 11.5 Å². The predicted octanol–water partition coefficient (Wildman–Crippen LogP) is 5.10. The quantitative estimate of drug-likeness (QED) is 0.392. The molecule has 6 nitrogen and oxygen atoms in total. The van der Waals surface area contributed by atoms with Crippen molar-refractivity contribution in [1.82, 2.24) is 9.80 Å². The van der Waals surface area contributed by atoms with Crippen LogP contribution in [0.3, 0.4) is 0 Å². The normalized spacial score (nSPS) is 11.1. The van der Waals surface area contributed by atoms with Crippen LogP contribution < -0.4 is 9.47 Å². The molecule has 0 fully saturated rings. The van der Waals surface area contributed by atoms with E-state index in [-0.39, 0.29) is 23.8 Å². The lowest BCUT2D eigenvalue weighted by Gasteiger charge is -2.29. The fraction of sp³-hybridized carbons (Fsp3) is 0.481. The second-order valence-electron chi connectivity index (χ2n) is 9.58. The lowest BCUT2D eigenvalue weighted by atomic mass is 9.91. The first-order valence-corrected chi connectivity index (χ1v) is 12.4. The Kier molecular flexibility index (Phi) is 10.2. The number of carbonyl (C=O) groups is 2. The molecular formula is C27H38N2O4S. The third kappa shape index (κ3) is 8.20. The van der Waals surface area contributed by atoms with Crippen molar-refractivity contribution in [3.63, 3.8) is 0 Å². The molecule has 2 rings (SSSR count). The second kappa shape index (κ2) is 12.6. The van der Waals surface area contributed by atoms with Crippen LogP contribution in [-0.2, 0) is 22.6 Å². The summed E-state index contributed by atoms with van der Waals surface area (Å²) in [6.45, 7) is 13.3. The minimum Gasteiger partial charge on any atom is -0.493 e. The number of methoxy groups -OCH3 is 2. The molecule has 2 amide bonds. The van der Waals surface area contributed by atoms with E-state index < -0.39 is 0 Å². The van der Waals surface area contributed by atoms with Crippen LogP contribution in [0.1, 0.15) is 43.2 Å². The first-order valence-electron chi connectivity index (χ1n) is 11.5. The van der Waals surface area contributed by atoms with Gasteiger partial charge in [-0.05, 0) is 53.5 Å². The molecule has 0 aliphatic carbocycles. The highest BCUT2D eigenvalue weighted by atomic mass is 32.1. The fourth-order valence-electron chi connectivity index (χ4n) is 3.57. The highest BCUT2D eigenvalue weighted by Gasteiger charge is 2.25. The predicted molar refractivity (Wildman–Crippen MR) is 139 cm³/mol. The number of nitrogens with zero attached hydrogens (tertiary/aromatic N) is 2. The van der Waals surface area contributed by atoms with Gasteiger partial charge in [0.05, 0.1) is 20.8 Å². The molecule has 0 atom stereocenters. The monoisotopic (exact) mass is 486 g/mol. The van der Waals surface area contributed by atoms with Gasteiger partial charge >= 0.3 is 0 Å². The Bertz CT molecular complexity index is 977. The van der Waals surface area contributed by atoms with Crippen LogP contribution in [0, 0.1) is 12.3 Å². The lowest BCUT2D eigenvalue weighted by molar-refractivity contribution is -0.141. The molecule has 1 aromatic carbocycles. The summed E-state index contributed by atoms with van der Waals surface area (Å²) in [7, 11) is 3.22. The summed E-state index contributed by atoms with van der Waals surface area (Å²) in [5, 5.41) is 2.04. The average Bonchev–Trinajstić information content (AvgIpc) is 3.18. The summed E-state index contributed by atoms with van der Waals surface area (Å²) in [5.74, 6) is 1.23. The van der Waals surface area contributed by atoms with Gasteiger partial charge in [0.2, 0.25) is 11.8 Å². The Morgan fingerprint density at radius 3 is 2.32 bits per heavy atom. The molecule has 2 aromatic rings. The minimum absolute atomic E-state index is 0.0344. The largest absolute Gasteiger partial charge is 0.493 e. The van der Waals surface area contributed by atoms with Gasteiger partial charge < -0.3 is 19.3 Å². The SMILES string of the molecule is C=CCN(CC(=O)N(CCc1ccc(OC)c(OC)c1)Cc1sccc1C)C(=O)CC(C)(C)C. The molecule has 186 valence electrons. The van der Waals surface area contributed by atoms with Gasteiger partial charge in [-0.15, -0.1) is 17.9 Å². The molecule has 1 heterocycles. The van der Waals surface area contributed by atoms with Crippen molar-refractivity contribution in [2.45, 2.75) is 47.1 Å². The molecule has 1 aromatic heterocycles. The molecule has 0 saturated carbocycles. The van der Waals surface area contributed by atoms with E-state index in [1.807, 2.05) is 49.3 Å². The van der Waals surface area contributed by atoms with Crippen LogP contribution in [-0.4, -0.2) is 55.5 Å². The summed E-state index contributed by atoms with van der Waals surface area (Å²) in [4.78, 5) is 30.9. The molecule has 0 N–H and O–H groups in total. The van der Waals surface area contributed by atoms with Crippen molar-refractivity contribution in [3.8, 4) is 11.5 Å². The maximum Gasteiger partial charge on any atom is 0.242 e. The zero-order valence-corrected chi connectivity index (χ0v) is 22.2. The van der Waals surface area contributed by atoms with Gasteiger partial charge in [-0.3, -0.25) is 9.59 Å². The zero-order valence-electron chi connectivity index (χ0n) is 21.3. The summed E-state index contributed by atoms with van der Waals surface area (Å²) >= 11 is 1.64. The molecule has 0 unspecified atom stereocenters. The Balaban J connectivity index is 2.20. The van der Waals surface area contributed by atoms with E-state index >= 15 is 0 Å². The smallest absolute Gasteiger partial charge is 0.242 e. The number of aryl methyl sites for hydroxylation is 1. The van der Waals surface area contributed by atoms with E-state index in [0.717, 1.165) is 10.4 Å². The van der Waals surface area contributed by atoms with E-state index in [1.54, 1.807) is 36.5 Å². The van der Waals surface area contributed by atoms with Crippen LogP contribution in [0.4, 0.5) is 0 Å². The summed E-state index contributed by atoms with van der Waals surface area (Å²) in [5.41, 5.74) is 2.06. The summed E-state index contributed by atoms with van der Waals surface area (Å²) < 4.78 is 10.7. The van der Waals surface area contributed by atoms with Crippen LogP contribution in [0.15, 0.2) is 42.3 Å². The molecule has 7 heteroatoms. The van der Waals surface area contributed by atoms with E-state index in [9.17, 15) is 9.59 Å². The average molecular weight is 487 g/mol. The first-order chi connectivity index (χ1) is 16.1. The maximum absolute atomic E-state index is 13.4. The molecule has 0 bridgehead atoms. The van der Waals surface area contributed by atoms with E-state index in [2.05, 4.69) is 19.6 Å². The van der Waals surface area contributed by atoms with E-state index in [1.165, 1.54) is 5.56 Å². The van der Waals surface area contributed by atoms with Crippen molar-refractivity contribution in [1.29, 1.82) is 0 Å². The van der Waals surface area contributed by atoms with E-state index in [0.29, 0.717) is 44.0 Å².